The highest BCUT2D eigenvalue weighted by Gasteiger charge is 2.06. The van der Waals surface area contributed by atoms with E-state index < -0.39 is 0 Å². The largest absolute Gasteiger partial charge is 0.389 e. The van der Waals surface area contributed by atoms with Crippen molar-refractivity contribution in [2.45, 2.75) is 39.2 Å². The molecule has 0 amide bonds. The van der Waals surface area contributed by atoms with Crippen LogP contribution in [0.15, 0.2) is 22.7 Å². The van der Waals surface area contributed by atoms with Gasteiger partial charge in [0.2, 0.25) is 0 Å². The van der Waals surface area contributed by atoms with Crippen molar-refractivity contribution in [1.29, 1.82) is 0 Å². The zero-order valence-corrected chi connectivity index (χ0v) is 12.7. The molecule has 0 radical (unpaired) electrons. The molecule has 17 heavy (non-hydrogen) atoms. The molecule has 0 aliphatic heterocycles. The summed E-state index contributed by atoms with van der Waals surface area (Å²) in [6, 6.07) is 6.47. The van der Waals surface area contributed by atoms with Gasteiger partial charge in [-0.3, -0.25) is 0 Å². The summed E-state index contributed by atoms with van der Waals surface area (Å²) in [5, 5.41) is 3.47. The summed E-state index contributed by atoms with van der Waals surface area (Å²) < 4.78 is 0.942. The van der Waals surface area contributed by atoms with Gasteiger partial charge in [0.05, 0.1) is 0 Å². The van der Waals surface area contributed by atoms with E-state index in [-0.39, 0.29) is 0 Å². The van der Waals surface area contributed by atoms with Crippen LogP contribution in [-0.2, 0) is 0 Å². The monoisotopic (exact) mass is 314 g/mol. The predicted octanol–water partition coefficient (Wildman–Crippen LogP) is 4.07. The molecule has 2 nitrogen and oxygen atoms in total. The van der Waals surface area contributed by atoms with Gasteiger partial charge in [-0.2, -0.15) is 0 Å². The van der Waals surface area contributed by atoms with Gasteiger partial charge in [0.15, 0.2) is 0 Å². The minimum Gasteiger partial charge on any atom is -0.389 e. The Morgan fingerprint density at radius 3 is 2.76 bits per heavy atom. The van der Waals surface area contributed by atoms with E-state index in [4.69, 9.17) is 18.0 Å². The quantitative estimate of drug-likeness (QED) is 0.777. The van der Waals surface area contributed by atoms with Gasteiger partial charge in [-0.15, -0.1) is 0 Å². The number of nitrogens with two attached hydrogens (primary N) is 1. The smallest absolute Gasteiger partial charge is 0.105 e. The third-order valence-electron chi connectivity index (χ3n) is 2.64. The second-order valence-electron chi connectivity index (χ2n) is 4.25. The van der Waals surface area contributed by atoms with Crippen molar-refractivity contribution in [2.75, 3.05) is 5.32 Å². The molecule has 1 atom stereocenters. The number of hydrogen-bond acceptors (Lipinski definition) is 2. The zero-order chi connectivity index (χ0) is 12.8. The van der Waals surface area contributed by atoms with Gasteiger partial charge in [-0.25, -0.2) is 0 Å². The second kappa shape index (κ2) is 6.97. The first kappa shape index (κ1) is 14.5. The van der Waals surface area contributed by atoms with Crippen molar-refractivity contribution in [3.63, 3.8) is 0 Å². The summed E-state index contributed by atoms with van der Waals surface area (Å²) in [7, 11) is 0. The van der Waals surface area contributed by atoms with E-state index in [0.717, 1.165) is 15.7 Å². The maximum atomic E-state index is 5.61. The average molecular weight is 315 g/mol. The molecular weight excluding hydrogens is 296 g/mol. The molecule has 0 spiro atoms. The first-order chi connectivity index (χ1) is 8.04. The first-order valence-corrected chi connectivity index (χ1v) is 7.10. The van der Waals surface area contributed by atoms with Crippen LogP contribution in [0.2, 0.25) is 0 Å². The molecule has 0 bridgehead atoms. The molecule has 0 saturated carbocycles. The lowest BCUT2D eigenvalue weighted by Crippen LogP contribution is -2.15. The second-order valence-corrected chi connectivity index (χ2v) is 5.54. The molecule has 1 aromatic carbocycles. The lowest BCUT2D eigenvalue weighted by atomic mass is 10.1. The first-order valence-electron chi connectivity index (χ1n) is 5.90. The normalized spacial score (nSPS) is 12.2. The lowest BCUT2D eigenvalue weighted by molar-refractivity contribution is 0.645. The summed E-state index contributed by atoms with van der Waals surface area (Å²) in [5.74, 6) is 0. The van der Waals surface area contributed by atoms with Crippen molar-refractivity contribution < 1.29 is 0 Å². The fraction of sp³-hybridized carbons (Fsp3) is 0.462. The van der Waals surface area contributed by atoms with Crippen molar-refractivity contribution in [1.82, 2.24) is 0 Å². The zero-order valence-electron chi connectivity index (χ0n) is 10.3. The van der Waals surface area contributed by atoms with Crippen molar-refractivity contribution in [3.05, 3.63) is 28.2 Å². The SMILES string of the molecule is CCCCC(C)Nc1ccc(C(N)=S)c(Br)c1. The molecule has 1 rings (SSSR count). The number of unbranched alkanes of at least 4 members (excludes halogenated alkanes) is 1. The van der Waals surface area contributed by atoms with Gasteiger partial charge >= 0.3 is 0 Å². The number of hydrogen-bond donors (Lipinski definition) is 2. The average Bonchev–Trinajstić information content (AvgIpc) is 2.26. The number of anilines is 1. The van der Waals surface area contributed by atoms with E-state index in [1.807, 2.05) is 18.2 Å². The number of rotatable bonds is 6. The number of benzene rings is 1. The van der Waals surface area contributed by atoms with Crippen molar-refractivity contribution >= 4 is 38.8 Å². The molecule has 0 fully saturated rings. The number of nitrogens with one attached hydrogen (secondary N) is 1. The van der Waals surface area contributed by atoms with Gasteiger partial charge in [0.1, 0.15) is 4.99 Å². The third-order valence-corrected chi connectivity index (χ3v) is 3.51. The summed E-state index contributed by atoms with van der Waals surface area (Å²) in [4.78, 5) is 0.419. The van der Waals surface area contributed by atoms with Crippen LogP contribution in [0.3, 0.4) is 0 Å². The maximum absolute atomic E-state index is 5.61. The highest BCUT2D eigenvalue weighted by Crippen LogP contribution is 2.22. The molecule has 1 unspecified atom stereocenters. The van der Waals surface area contributed by atoms with Crippen molar-refractivity contribution in [3.8, 4) is 0 Å². The minimum atomic E-state index is 0.419. The van der Waals surface area contributed by atoms with Crippen LogP contribution in [0, 0.1) is 0 Å². The molecular formula is C13H19BrN2S. The van der Waals surface area contributed by atoms with Gasteiger partial charge in [-0.05, 0) is 47.5 Å². The highest BCUT2D eigenvalue weighted by atomic mass is 79.9. The molecule has 4 heteroatoms. The summed E-state index contributed by atoms with van der Waals surface area (Å²) >= 11 is 8.45. The molecule has 0 aliphatic rings. The maximum Gasteiger partial charge on any atom is 0.105 e. The molecule has 0 aromatic heterocycles. The summed E-state index contributed by atoms with van der Waals surface area (Å²) in [5.41, 5.74) is 7.59. The Morgan fingerprint density at radius 1 is 1.53 bits per heavy atom. The molecule has 1 aromatic rings. The van der Waals surface area contributed by atoms with Gasteiger partial charge < -0.3 is 11.1 Å². The van der Waals surface area contributed by atoms with E-state index in [0.29, 0.717) is 11.0 Å². The van der Waals surface area contributed by atoms with Crippen LogP contribution < -0.4 is 11.1 Å². The van der Waals surface area contributed by atoms with Crippen LogP contribution in [0.25, 0.3) is 0 Å². The van der Waals surface area contributed by atoms with E-state index in [2.05, 4.69) is 35.1 Å². The Balaban J connectivity index is 2.67. The molecule has 0 saturated heterocycles. The standard InChI is InChI=1S/C13H19BrN2S/c1-3-4-5-9(2)16-10-6-7-11(13(15)17)12(14)8-10/h6-9,16H,3-5H2,1-2H3,(H2,15,17). The highest BCUT2D eigenvalue weighted by molar-refractivity contribution is 9.10. The molecule has 94 valence electrons. The van der Waals surface area contributed by atoms with E-state index in [9.17, 15) is 0 Å². The Kier molecular flexibility index (Phi) is 5.92. The van der Waals surface area contributed by atoms with Gasteiger partial charge in [0.25, 0.3) is 0 Å². The molecule has 3 N–H and O–H groups in total. The topological polar surface area (TPSA) is 38.0 Å². The summed E-state index contributed by atoms with van der Waals surface area (Å²) in [6.45, 7) is 4.41. The Labute approximate surface area is 117 Å². The predicted molar refractivity (Wildman–Crippen MR) is 82.6 cm³/mol. The van der Waals surface area contributed by atoms with E-state index >= 15 is 0 Å². The number of thiocarbonyl (C=S) groups is 1. The number of halogens is 1. The van der Waals surface area contributed by atoms with Crippen LogP contribution in [-0.4, -0.2) is 11.0 Å². The van der Waals surface area contributed by atoms with Gasteiger partial charge in [-0.1, -0.05) is 32.0 Å². The fourth-order valence-electron chi connectivity index (χ4n) is 1.67. The van der Waals surface area contributed by atoms with E-state index in [1.54, 1.807) is 0 Å². The van der Waals surface area contributed by atoms with Crippen LogP contribution >= 0.6 is 28.1 Å². The van der Waals surface area contributed by atoms with E-state index in [1.165, 1.54) is 19.3 Å². The van der Waals surface area contributed by atoms with Crippen LogP contribution in [0.5, 0.6) is 0 Å². The fourth-order valence-corrected chi connectivity index (χ4v) is 2.57. The van der Waals surface area contributed by atoms with Crippen LogP contribution in [0.4, 0.5) is 5.69 Å². The molecule has 0 heterocycles. The lowest BCUT2D eigenvalue weighted by Gasteiger charge is -2.15. The van der Waals surface area contributed by atoms with Crippen molar-refractivity contribution in [2.24, 2.45) is 5.73 Å². The summed E-state index contributed by atoms with van der Waals surface area (Å²) in [6.07, 6.45) is 3.67. The van der Waals surface area contributed by atoms with Gasteiger partial charge in [0, 0.05) is 21.8 Å². The Bertz CT molecular complexity index is 393. The Morgan fingerprint density at radius 2 is 2.24 bits per heavy atom. The third kappa shape index (κ3) is 4.64. The minimum absolute atomic E-state index is 0.419. The molecule has 0 aliphatic carbocycles. The Hall–Kier alpha value is -0.610. The van der Waals surface area contributed by atoms with Crippen LogP contribution in [0.1, 0.15) is 38.7 Å².